The van der Waals surface area contributed by atoms with Crippen LogP contribution in [-0.4, -0.2) is 28.4 Å². The average molecular weight is 343 g/mol. The van der Waals surface area contributed by atoms with E-state index >= 15 is 0 Å². The molecule has 1 saturated carbocycles. The minimum atomic E-state index is -3.66. The Kier molecular flexibility index (Phi) is 3.42. The van der Waals surface area contributed by atoms with Crippen LogP contribution in [0.4, 0.5) is 5.69 Å². The lowest BCUT2D eigenvalue weighted by Gasteiger charge is -2.08. The molecule has 0 spiro atoms. The van der Waals surface area contributed by atoms with Crippen molar-refractivity contribution < 1.29 is 8.42 Å². The van der Waals surface area contributed by atoms with E-state index in [9.17, 15) is 8.42 Å². The van der Waals surface area contributed by atoms with Gasteiger partial charge in [0.25, 0.3) is 10.0 Å². The molecule has 1 aliphatic rings. The molecule has 1 fully saturated rings. The van der Waals surface area contributed by atoms with Crippen LogP contribution in [0.1, 0.15) is 24.5 Å². The molecule has 4 rings (SSSR count). The zero-order valence-corrected chi connectivity index (χ0v) is 13.9. The summed E-state index contributed by atoms with van der Waals surface area (Å²) in [6.45, 7) is 0. The number of hydrogen-bond acceptors (Lipinski definition) is 4. The van der Waals surface area contributed by atoms with Gasteiger partial charge in [-0.3, -0.25) is 14.5 Å². The van der Waals surface area contributed by atoms with Crippen LogP contribution in [0.5, 0.6) is 0 Å². The number of sulfonamides is 1. The summed E-state index contributed by atoms with van der Waals surface area (Å²) in [5.41, 5.74) is 3.28. The minimum Gasteiger partial charge on any atom is -0.285 e. The first-order valence-electron chi connectivity index (χ1n) is 7.69. The van der Waals surface area contributed by atoms with Crippen LogP contribution >= 0.6 is 0 Å². The lowest BCUT2D eigenvalue weighted by atomic mass is 10.1. The van der Waals surface area contributed by atoms with E-state index in [4.69, 9.17) is 0 Å². The topological polar surface area (TPSA) is 92.7 Å². The Morgan fingerprint density at radius 2 is 1.96 bits per heavy atom. The van der Waals surface area contributed by atoms with Crippen molar-refractivity contribution in [2.24, 2.45) is 7.05 Å². The maximum absolute atomic E-state index is 12.6. The summed E-state index contributed by atoms with van der Waals surface area (Å²) in [5, 5.41) is 11.2. The van der Waals surface area contributed by atoms with Crippen LogP contribution in [0.2, 0.25) is 0 Å². The molecule has 24 heavy (non-hydrogen) atoms. The maximum atomic E-state index is 12.6. The normalized spacial score (nSPS) is 14.7. The van der Waals surface area contributed by atoms with E-state index in [1.165, 1.54) is 4.68 Å². The van der Waals surface area contributed by atoms with Gasteiger partial charge in [0.1, 0.15) is 0 Å². The molecule has 2 N–H and O–H groups in total. The fraction of sp³-hybridized carbons (Fsp3) is 0.250. The molecule has 0 unspecified atom stereocenters. The minimum absolute atomic E-state index is 0.184. The van der Waals surface area contributed by atoms with E-state index in [1.54, 1.807) is 37.6 Å². The molecule has 0 aliphatic heterocycles. The van der Waals surface area contributed by atoms with Gasteiger partial charge in [-0.2, -0.15) is 18.6 Å². The molecule has 1 aliphatic carbocycles. The second-order valence-electron chi connectivity index (χ2n) is 5.98. The van der Waals surface area contributed by atoms with Crippen molar-refractivity contribution in [3.8, 4) is 11.1 Å². The van der Waals surface area contributed by atoms with E-state index < -0.39 is 10.0 Å². The number of anilines is 1. The van der Waals surface area contributed by atoms with Gasteiger partial charge in [0.05, 0.1) is 11.9 Å². The van der Waals surface area contributed by atoms with Crippen LogP contribution in [0.25, 0.3) is 11.1 Å². The summed E-state index contributed by atoms with van der Waals surface area (Å²) in [5.74, 6) is 0.411. The number of aryl methyl sites for hydroxylation is 1. The highest BCUT2D eigenvalue weighted by atomic mass is 32.2. The molecule has 1 aromatic carbocycles. The van der Waals surface area contributed by atoms with E-state index in [2.05, 4.69) is 20.0 Å². The van der Waals surface area contributed by atoms with Crippen molar-refractivity contribution in [2.45, 2.75) is 23.8 Å². The second-order valence-corrected chi connectivity index (χ2v) is 7.60. The van der Waals surface area contributed by atoms with Crippen molar-refractivity contribution in [1.29, 1.82) is 0 Å². The van der Waals surface area contributed by atoms with Gasteiger partial charge >= 0.3 is 0 Å². The van der Waals surface area contributed by atoms with Gasteiger partial charge in [0, 0.05) is 36.5 Å². The second kappa shape index (κ2) is 5.48. The van der Waals surface area contributed by atoms with Gasteiger partial charge < -0.3 is 0 Å². The lowest BCUT2D eigenvalue weighted by molar-refractivity contribution is 0.581. The summed E-state index contributed by atoms with van der Waals surface area (Å²) in [6, 6.07) is 8.83. The van der Waals surface area contributed by atoms with Gasteiger partial charge in [-0.25, -0.2) is 0 Å². The number of benzene rings is 1. The predicted octanol–water partition coefficient (Wildman–Crippen LogP) is 2.49. The number of nitrogens with zero attached hydrogens (tertiary/aromatic N) is 3. The molecule has 0 radical (unpaired) electrons. The number of aromatic nitrogens is 4. The summed E-state index contributed by atoms with van der Waals surface area (Å²) in [6.07, 6.45) is 5.67. The monoisotopic (exact) mass is 343 g/mol. The van der Waals surface area contributed by atoms with Crippen molar-refractivity contribution in [2.75, 3.05) is 4.72 Å². The Labute approximate surface area is 139 Å². The first-order chi connectivity index (χ1) is 11.5. The largest absolute Gasteiger partial charge is 0.285 e. The van der Waals surface area contributed by atoms with Gasteiger partial charge in [0.2, 0.25) is 0 Å². The first kappa shape index (κ1) is 14.9. The fourth-order valence-electron chi connectivity index (χ4n) is 2.65. The molecule has 2 aromatic heterocycles. The molecule has 3 aromatic rings. The Hall–Kier alpha value is -2.61. The van der Waals surface area contributed by atoms with Crippen LogP contribution in [0.3, 0.4) is 0 Å². The molecule has 0 atom stereocenters. The third-order valence-corrected chi connectivity index (χ3v) is 5.53. The summed E-state index contributed by atoms with van der Waals surface area (Å²) in [4.78, 5) is 0. The third kappa shape index (κ3) is 2.80. The van der Waals surface area contributed by atoms with E-state index in [0.717, 1.165) is 29.7 Å². The third-order valence-electron chi connectivity index (χ3n) is 4.10. The molecular formula is C16H17N5O2S. The van der Waals surface area contributed by atoms with E-state index in [1.807, 2.05) is 12.1 Å². The number of nitrogens with one attached hydrogen (secondary N) is 2. The Morgan fingerprint density at radius 3 is 2.58 bits per heavy atom. The SMILES string of the molecule is Cn1nc(C2CC2)cc1S(=O)(=O)Nc1ccc(-c2cn[nH]c2)cc1. The Morgan fingerprint density at radius 1 is 1.21 bits per heavy atom. The van der Waals surface area contributed by atoms with Gasteiger partial charge in [-0.1, -0.05) is 12.1 Å². The zero-order valence-electron chi connectivity index (χ0n) is 13.1. The number of H-pyrrole nitrogens is 1. The zero-order chi connectivity index (χ0) is 16.7. The van der Waals surface area contributed by atoms with Crippen LogP contribution in [0, 0.1) is 0 Å². The number of aromatic amines is 1. The Balaban J connectivity index is 1.57. The summed E-state index contributed by atoms with van der Waals surface area (Å²) in [7, 11) is -2.01. The smallest absolute Gasteiger partial charge is 0.279 e. The van der Waals surface area contributed by atoms with Gasteiger partial charge in [-0.15, -0.1) is 0 Å². The molecule has 2 heterocycles. The molecular weight excluding hydrogens is 326 g/mol. The molecule has 8 heteroatoms. The quantitative estimate of drug-likeness (QED) is 0.744. The first-order valence-corrected chi connectivity index (χ1v) is 9.17. The van der Waals surface area contributed by atoms with E-state index in [-0.39, 0.29) is 5.03 Å². The van der Waals surface area contributed by atoms with Gasteiger partial charge in [-0.05, 0) is 30.5 Å². The highest BCUT2D eigenvalue weighted by Gasteiger charge is 2.29. The number of rotatable bonds is 5. The molecule has 0 bridgehead atoms. The summed E-state index contributed by atoms with van der Waals surface area (Å²) >= 11 is 0. The van der Waals surface area contributed by atoms with Crippen LogP contribution in [0.15, 0.2) is 47.8 Å². The van der Waals surface area contributed by atoms with Crippen molar-refractivity contribution >= 4 is 15.7 Å². The standard InChI is InChI=1S/C16H17N5O2S/c1-21-16(8-15(19-21)12-2-3-12)24(22,23)20-14-6-4-11(5-7-14)13-9-17-18-10-13/h4-10,12,20H,2-3H2,1H3,(H,17,18). The van der Waals surface area contributed by atoms with Crippen molar-refractivity contribution in [1.82, 2.24) is 20.0 Å². The molecule has 0 amide bonds. The summed E-state index contributed by atoms with van der Waals surface area (Å²) < 4.78 is 29.2. The fourth-order valence-corrected chi connectivity index (χ4v) is 3.86. The molecule has 0 saturated heterocycles. The Bertz CT molecular complexity index is 955. The average Bonchev–Trinajstić information content (AvgIpc) is 3.09. The highest BCUT2D eigenvalue weighted by molar-refractivity contribution is 7.92. The van der Waals surface area contributed by atoms with Gasteiger partial charge in [0.15, 0.2) is 5.03 Å². The molecule has 7 nitrogen and oxygen atoms in total. The van der Waals surface area contributed by atoms with Crippen molar-refractivity contribution in [3.05, 3.63) is 48.4 Å². The van der Waals surface area contributed by atoms with E-state index in [0.29, 0.717) is 11.6 Å². The highest BCUT2D eigenvalue weighted by Crippen LogP contribution is 2.39. The predicted molar refractivity (Wildman–Crippen MR) is 90.0 cm³/mol. The van der Waals surface area contributed by atoms with Crippen LogP contribution in [-0.2, 0) is 17.1 Å². The number of hydrogen-bond donors (Lipinski definition) is 2. The van der Waals surface area contributed by atoms with Crippen molar-refractivity contribution in [3.63, 3.8) is 0 Å². The molecule has 124 valence electrons. The lowest BCUT2D eigenvalue weighted by Crippen LogP contribution is -2.16. The van der Waals surface area contributed by atoms with Crippen LogP contribution < -0.4 is 4.72 Å². The maximum Gasteiger partial charge on any atom is 0.279 e.